The van der Waals surface area contributed by atoms with Gasteiger partial charge < -0.3 is 5.73 Å². The van der Waals surface area contributed by atoms with E-state index in [1.807, 2.05) is 0 Å². The number of hydrogen-bond donors (Lipinski definition) is 2. The quantitative estimate of drug-likeness (QED) is 0.699. The van der Waals surface area contributed by atoms with Crippen LogP contribution in [-0.2, 0) is 0 Å². The molecule has 1 fully saturated rings. The fourth-order valence-corrected chi connectivity index (χ4v) is 1.29. The molecule has 2 rings (SSSR count). The van der Waals surface area contributed by atoms with E-state index in [2.05, 4.69) is 15.4 Å². The molecule has 0 bridgehead atoms. The maximum absolute atomic E-state index is 11.7. The van der Waals surface area contributed by atoms with Crippen LogP contribution in [0.3, 0.4) is 0 Å². The number of rotatable bonds is 1. The first-order chi connectivity index (χ1) is 6.77. The lowest BCUT2D eigenvalue weighted by Crippen LogP contribution is -2.37. The first kappa shape index (κ1) is 11.7. The van der Waals surface area contributed by atoms with Crippen LogP contribution in [0.1, 0.15) is 16.9 Å². The van der Waals surface area contributed by atoms with Crippen molar-refractivity contribution in [3.8, 4) is 0 Å². The normalized spacial score (nSPS) is 14.8. The highest BCUT2D eigenvalue weighted by Gasteiger charge is 2.20. The van der Waals surface area contributed by atoms with E-state index in [1.165, 1.54) is 12.4 Å². The van der Waals surface area contributed by atoms with Crippen LogP contribution in [0.25, 0.3) is 0 Å². The van der Waals surface area contributed by atoms with Gasteiger partial charge in [-0.1, -0.05) is 0 Å². The van der Waals surface area contributed by atoms with Crippen molar-refractivity contribution in [1.29, 1.82) is 0 Å². The summed E-state index contributed by atoms with van der Waals surface area (Å²) in [5.74, 6) is 0.158. The standard InChI is InChI=1S/C8H11N5O.ClH/c9-7-5-10-6(4-11-7)8(14)13-3-1-2-12-13;/h4-5,12H,1-3H2,(H2,9,11);1H. The molecule has 7 heteroatoms. The largest absolute Gasteiger partial charge is 0.382 e. The summed E-state index contributed by atoms with van der Waals surface area (Å²) in [6, 6.07) is 0. The summed E-state index contributed by atoms with van der Waals surface area (Å²) in [7, 11) is 0. The number of nitrogens with two attached hydrogens (primary N) is 1. The van der Waals surface area contributed by atoms with E-state index in [-0.39, 0.29) is 18.3 Å². The number of nitrogens with zero attached hydrogens (tertiary/aromatic N) is 3. The van der Waals surface area contributed by atoms with E-state index < -0.39 is 0 Å². The van der Waals surface area contributed by atoms with E-state index in [0.29, 0.717) is 18.1 Å². The van der Waals surface area contributed by atoms with Gasteiger partial charge in [-0.3, -0.25) is 9.80 Å². The van der Waals surface area contributed by atoms with E-state index in [0.717, 1.165) is 13.0 Å². The Hall–Kier alpha value is -1.40. The molecule has 0 aliphatic carbocycles. The van der Waals surface area contributed by atoms with Crippen LogP contribution in [-0.4, -0.2) is 34.0 Å². The number of hydrazine groups is 1. The van der Waals surface area contributed by atoms with Gasteiger partial charge >= 0.3 is 0 Å². The number of anilines is 1. The van der Waals surface area contributed by atoms with Gasteiger partial charge in [0.15, 0.2) is 0 Å². The van der Waals surface area contributed by atoms with Crippen molar-refractivity contribution in [2.75, 3.05) is 18.8 Å². The molecule has 82 valence electrons. The van der Waals surface area contributed by atoms with Crippen molar-refractivity contribution in [3.63, 3.8) is 0 Å². The molecule has 1 aliphatic rings. The molecule has 0 saturated carbocycles. The Morgan fingerprint density at radius 1 is 1.47 bits per heavy atom. The monoisotopic (exact) mass is 229 g/mol. The third kappa shape index (κ3) is 2.54. The lowest BCUT2D eigenvalue weighted by Gasteiger charge is -2.14. The number of amides is 1. The topological polar surface area (TPSA) is 84.1 Å². The van der Waals surface area contributed by atoms with Gasteiger partial charge in [0, 0.05) is 13.1 Å². The van der Waals surface area contributed by atoms with Crippen molar-refractivity contribution in [2.45, 2.75) is 6.42 Å². The molecule has 0 unspecified atom stereocenters. The molecule has 1 aromatic heterocycles. The second-order valence-corrected chi connectivity index (χ2v) is 3.04. The summed E-state index contributed by atoms with van der Waals surface area (Å²) in [4.78, 5) is 19.4. The maximum atomic E-state index is 11.7. The molecule has 1 saturated heterocycles. The maximum Gasteiger partial charge on any atom is 0.288 e. The minimum absolute atomic E-state index is 0. The predicted molar refractivity (Wildman–Crippen MR) is 57.3 cm³/mol. The number of nitrogens with one attached hydrogen (secondary N) is 1. The van der Waals surface area contributed by atoms with Gasteiger partial charge in [-0.2, -0.15) is 0 Å². The molecule has 2 heterocycles. The van der Waals surface area contributed by atoms with Crippen molar-refractivity contribution in [1.82, 2.24) is 20.4 Å². The van der Waals surface area contributed by atoms with Crippen LogP contribution in [0.4, 0.5) is 5.82 Å². The Labute approximate surface area is 93.3 Å². The van der Waals surface area contributed by atoms with Gasteiger partial charge in [-0.05, 0) is 6.42 Å². The summed E-state index contributed by atoms with van der Waals surface area (Å²) in [6.45, 7) is 1.54. The van der Waals surface area contributed by atoms with E-state index in [9.17, 15) is 4.79 Å². The minimum Gasteiger partial charge on any atom is -0.382 e. The highest BCUT2D eigenvalue weighted by molar-refractivity contribution is 5.91. The van der Waals surface area contributed by atoms with Crippen LogP contribution in [0, 0.1) is 0 Å². The van der Waals surface area contributed by atoms with Crippen molar-refractivity contribution in [2.24, 2.45) is 0 Å². The Morgan fingerprint density at radius 2 is 2.27 bits per heavy atom. The fraction of sp³-hybridized carbons (Fsp3) is 0.375. The summed E-state index contributed by atoms with van der Waals surface area (Å²) >= 11 is 0. The zero-order valence-corrected chi connectivity index (χ0v) is 8.83. The van der Waals surface area contributed by atoms with Gasteiger partial charge in [0.05, 0.1) is 12.4 Å². The third-order valence-electron chi connectivity index (χ3n) is 2.00. The van der Waals surface area contributed by atoms with E-state index in [1.54, 1.807) is 5.01 Å². The molecule has 0 radical (unpaired) electrons. The molecule has 1 amide bonds. The van der Waals surface area contributed by atoms with Crippen LogP contribution in [0.2, 0.25) is 0 Å². The van der Waals surface area contributed by atoms with Crippen molar-refractivity contribution < 1.29 is 4.79 Å². The lowest BCUT2D eigenvalue weighted by atomic mass is 10.4. The average molecular weight is 230 g/mol. The average Bonchev–Trinajstić information content (AvgIpc) is 2.71. The molecule has 15 heavy (non-hydrogen) atoms. The van der Waals surface area contributed by atoms with E-state index in [4.69, 9.17) is 5.73 Å². The van der Waals surface area contributed by atoms with E-state index >= 15 is 0 Å². The number of carbonyl (C=O) groups excluding carboxylic acids is 1. The zero-order chi connectivity index (χ0) is 9.97. The highest BCUT2D eigenvalue weighted by atomic mass is 35.5. The van der Waals surface area contributed by atoms with Gasteiger partial charge in [0.25, 0.3) is 5.91 Å². The van der Waals surface area contributed by atoms with Crippen LogP contribution >= 0.6 is 12.4 Å². The van der Waals surface area contributed by atoms with Crippen molar-refractivity contribution >= 4 is 24.1 Å². The number of hydrogen-bond acceptors (Lipinski definition) is 5. The number of aromatic nitrogens is 2. The molecule has 3 N–H and O–H groups in total. The Bertz CT molecular complexity index is 335. The van der Waals surface area contributed by atoms with Gasteiger partial charge in [-0.15, -0.1) is 12.4 Å². The number of nitrogen functional groups attached to an aromatic ring is 1. The summed E-state index contributed by atoms with van der Waals surface area (Å²) < 4.78 is 0. The molecule has 0 atom stereocenters. The SMILES string of the molecule is Cl.Nc1cnc(C(=O)N2CCCN2)cn1. The molecule has 1 aromatic rings. The second-order valence-electron chi connectivity index (χ2n) is 3.04. The van der Waals surface area contributed by atoms with Gasteiger partial charge in [-0.25, -0.2) is 15.4 Å². The Kier molecular flexibility index (Phi) is 3.81. The fourth-order valence-electron chi connectivity index (χ4n) is 1.29. The first-order valence-electron chi connectivity index (χ1n) is 4.40. The van der Waals surface area contributed by atoms with Crippen LogP contribution in [0.15, 0.2) is 12.4 Å². The zero-order valence-electron chi connectivity index (χ0n) is 8.01. The van der Waals surface area contributed by atoms with Crippen molar-refractivity contribution in [3.05, 3.63) is 18.1 Å². The minimum atomic E-state index is -0.157. The Morgan fingerprint density at radius 3 is 2.80 bits per heavy atom. The molecule has 6 nitrogen and oxygen atoms in total. The van der Waals surface area contributed by atoms with Gasteiger partial charge in [0.2, 0.25) is 0 Å². The number of carbonyl (C=O) groups is 1. The third-order valence-corrected chi connectivity index (χ3v) is 2.00. The summed E-state index contributed by atoms with van der Waals surface area (Å²) in [5, 5.41) is 1.54. The molecule has 1 aliphatic heterocycles. The molecule has 0 aromatic carbocycles. The lowest BCUT2D eigenvalue weighted by molar-refractivity contribution is 0.0720. The first-order valence-corrected chi connectivity index (χ1v) is 4.40. The van der Waals surface area contributed by atoms with Crippen LogP contribution in [0.5, 0.6) is 0 Å². The molecular weight excluding hydrogens is 218 g/mol. The summed E-state index contributed by atoms with van der Waals surface area (Å²) in [6.07, 6.45) is 3.73. The molecular formula is C8H12ClN5O. The predicted octanol–water partition coefficient (Wildman–Crippen LogP) is -0.169. The second kappa shape index (κ2) is 4.90. The summed E-state index contributed by atoms with van der Waals surface area (Å²) in [5.41, 5.74) is 8.63. The smallest absolute Gasteiger partial charge is 0.288 e. The highest BCUT2D eigenvalue weighted by Crippen LogP contribution is 2.04. The van der Waals surface area contributed by atoms with Crippen LogP contribution < -0.4 is 11.2 Å². The number of halogens is 1. The van der Waals surface area contributed by atoms with Gasteiger partial charge in [0.1, 0.15) is 11.5 Å². The molecule has 0 spiro atoms. The Balaban J connectivity index is 0.00000112.